The number of carbonyl (C=O) groups is 1. The Morgan fingerprint density at radius 3 is 2.85 bits per heavy atom. The summed E-state index contributed by atoms with van der Waals surface area (Å²) in [6, 6.07) is 4.64. The van der Waals surface area contributed by atoms with Gasteiger partial charge in [0.1, 0.15) is 5.56 Å². The lowest BCUT2D eigenvalue weighted by atomic mass is 10.0. The number of nitro groups is 1. The van der Waals surface area contributed by atoms with Crippen molar-refractivity contribution in [1.29, 1.82) is 0 Å². The molecule has 0 saturated heterocycles. The number of carboxylic acids is 1. The Morgan fingerprint density at radius 2 is 2.25 bits per heavy atom. The summed E-state index contributed by atoms with van der Waals surface area (Å²) >= 11 is 0. The SMILES string of the molecule is O=C(O)c1c(CNC2CC=CCC2)cccc1[N+](=O)[O-]. The molecular formula is C14H16N2O4. The summed E-state index contributed by atoms with van der Waals surface area (Å²) in [7, 11) is 0. The Morgan fingerprint density at radius 1 is 1.45 bits per heavy atom. The minimum Gasteiger partial charge on any atom is -0.477 e. The van der Waals surface area contributed by atoms with Crippen LogP contribution in [0.5, 0.6) is 0 Å². The predicted octanol–water partition coefficient (Wildman–Crippen LogP) is 2.49. The van der Waals surface area contributed by atoms with Crippen molar-refractivity contribution < 1.29 is 14.8 Å². The zero-order chi connectivity index (χ0) is 14.5. The fourth-order valence-corrected chi connectivity index (χ4v) is 2.37. The van der Waals surface area contributed by atoms with Crippen LogP contribution in [0.2, 0.25) is 0 Å². The number of carboxylic acid groups (broad SMARTS) is 1. The van der Waals surface area contributed by atoms with Gasteiger partial charge in [0.05, 0.1) is 4.92 Å². The first kappa shape index (κ1) is 14.2. The molecule has 0 amide bonds. The first-order valence-corrected chi connectivity index (χ1v) is 6.47. The summed E-state index contributed by atoms with van der Waals surface area (Å²) in [5.41, 5.74) is -0.141. The van der Waals surface area contributed by atoms with Gasteiger partial charge in [0.15, 0.2) is 0 Å². The molecule has 0 aliphatic heterocycles. The molecule has 0 aromatic heterocycles. The minimum absolute atomic E-state index is 0.226. The van der Waals surface area contributed by atoms with Crippen LogP contribution in [0.4, 0.5) is 5.69 Å². The lowest BCUT2D eigenvalue weighted by Crippen LogP contribution is -2.29. The Bertz CT molecular complexity index is 554. The molecule has 0 spiro atoms. The monoisotopic (exact) mass is 276 g/mol. The van der Waals surface area contributed by atoms with Crippen LogP contribution in [0, 0.1) is 10.1 Å². The number of hydrogen-bond donors (Lipinski definition) is 2. The Balaban J connectivity index is 2.18. The van der Waals surface area contributed by atoms with Crippen LogP contribution in [-0.4, -0.2) is 22.0 Å². The van der Waals surface area contributed by atoms with E-state index in [2.05, 4.69) is 17.5 Å². The second-order valence-corrected chi connectivity index (χ2v) is 4.74. The highest BCUT2D eigenvalue weighted by Gasteiger charge is 2.23. The molecule has 6 nitrogen and oxygen atoms in total. The van der Waals surface area contributed by atoms with E-state index in [1.54, 1.807) is 6.07 Å². The van der Waals surface area contributed by atoms with Gasteiger partial charge in [-0.25, -0.2) is 4.79 Å². The van der Waals surface area contributed by atoms with Crippen molar-refractivity contribution in [3.63, 3.8) is 0 Å². The molecule has 1 unspecified atom stereocenters. The highest BCUT2D eigenvalue weighted by atomic mass is 16.6. The summed E-state index contributed by atoms with van der Waals surface area (Å²) in [5.74, 6) is -1.27. The largest absolute Gasteiger partial charge is 0.477 e. The highest BCUT2D eigenvalue weighted by molar-refractivity contribution is 5.94. The maximum Gasteiger partial charge on any atom is 0.343 e. The quantitative estimate of drug-likeness (QED) is 0.489. The van der Waals surface area contributed by atoms with Gasteiger partial charge in [-0.3, -0.25) is 10.1 Å². The van der Waals surface area contributed by atoms with Crippen LogP contribution in [0.25, 0.3) is 0 Å². The van der Waals surface area contributed by atoms with Crippen molar-refractivity contribution in [2.24, 2.45) is 0 Å². The third-order valence-electron chi connectivity index (χ3n) is 3.39. The number of nitrogens with zero attached hydrogens (tertiary/aromatic N) is 1. The number of nitro benzene ring substituents is 1. The molecule has 1 aliphatic rings. The predicted molar refractivity (Wildman–Crippen MR) is 73.7 cm³/mol. The van der Waals surface area contributed by atoms with Gasteiger partial charge in [-0.15, -0.1) is 0 Å². The van der Waals surface area contributed by atoms with Gasteiger partial charge < -0.3 is 10.4 Å². The molecule has 0 fully saturated rings. The summed E-state index contributed by atoms with van der Waals surface area (Å²) in [5, 5.41) is 23.3. The molecule has 0 saturated carbocycles. The average Bonchev–Trinajstić information content (AvgIpc) is 2.45. The molecule has 0 bridgehead atoms. The molecule has 1 aromatic carbocycles. The van der Waals surface area contributed by atoms with Crippen LogP contribution in [0.15, 0.2) is 30.4 Å². The fraction of sp³-hybridized carbons (Fsp3) is 0.357. The fourth-order valence-electron chi connectivity index (χ4n) is 2.37. The molecule has 2 N–H and O–H groups in total. The minimum atomic E-state index is -1.27. The smallest absolute Gasteiger partial charge is 0.343 e. The van der Waals surface area contributed by atoms with Crippen LogP contribution in [-0.2, 0) is 6.54 Å². The van der Waals surface area contributed by atoms with E-state index in [0.29, 0.717) is 18.2 Å². The van der Waals surface area contributed by atoms with Crippen LogP contribution >= 0.6 is 0 Å². The Labute approximate surface area is 116 Å². The average molecular weight is 276 g/mol. The third-order valence-corrected chi connectivity index (χ3v) is 3.39. The van der Waals surface area contributed by atoms with Crippen molar-refractivity contribution in [2.75, 3.05) is 0 Å². The third kappa shape index (κ3) is 3.21. The molecule has 106 valence electrons. The van der Waals surface area contributed by atoms with Crippen LogP contribution in [0.1, 0.15) is 35.2 Å². The van der Waals surface area contributed by atoms with E-state index in [0.717, 1.165) is 19.3 Å². The molecule has 1 aromatic rings. The van der Waals surface area contributed by atoms with Gasteiger partial charge in [0, 0.05) is 18.7 Å². The van der Waals surface area contributed by atoms with E-state index in [-0.39, 0.29) is 11.3 Å². The van der Waals surface area contributed by atoms with Crippen LogP contribution < -0.4 is 5.32 Å². The van der Waals surface area contributed by atoms with Crippen molar-refractivity contribution in [2.45, 2.75) is 31.8 Å². The first-order valence-electron chi connectivity index (χ1n) is 6.47. The standard InChI is InChI=1S/C14H16N2O4/c17-14(18)13-10(5-4-8-12(13)16(19)20)9-15-11-6-2-1-3-7-11/h1-2,4-5,8,11,15H,3,6-7,9H2,(H,17,18). The van der Waals surface area contributed by atoms with Gasteiger partial charge in [0.2, 0.25) is 0 Å². The normalized spacial score (nSPS) is 17.9. The molecule has 0 heterocycles. The van der Waals surface area contributed by atoms with Gasteiger partial charge in [-0.2, -0.15) is 0 Å². The van der Waals surface area contributed by atoms with Crippen molar-refractivity contribution in [1.82, 2.24) is 5.32 Å². The maximum absolute atomic E-state index is 11.3. The number of nitrogens with one attached hydrogen (secondary N) is 1. The first-order chi connectivity index (χ1) is 9.59. The summed E-state index contributed by atoms with van der Waals surface area (Å²) in [6.45, 7) is 0.321. The van der Waals surface area contributed by atoms with Crippen LogP contribution in [0.3, 0.4) is 0 Å². The summed E-state index contributed by atoms with van der Waals surface area (Å²) in [6.07, 6.45) is 7.10. The van der Waals surface area contributed by atoms with E-state index in [1.165, 1.54) is 12.1 Å². The zero-order valence-electron chi connectivity index (χ0n) is 10.9. The Hall–Kier alpha value is -2.21. The zero-order valence-corrected chi connectivity index (χ0v) is 10.9. The van der Waals surface area contributed by atoms with E-state index >= 15 is 0 Å². The van der Waals surface area contributed by atoms with Crippen molar-refractivity contribution in [3.05, 3.63) is 51.6 Å². The molecule has 6 heteroatoms. The second kappa shape index (κ2) is 6.29. The molecule has 2 rings (SSSR count). The molecule has 0 radical (unpaired) electrons. The van der Waals surface area contributed by atoms with Gasteiger partial charge in [0.25, 0.3) is 5.69 Å². The molecule has 20 heavy (non-hydrogen) atoms. The second-order valence-electron chi connectivity index (χ2n) is 4.74. The highest BCUT2D eigenvalue weighted by Crippen LogP contribution is 2.23. The van der Waals surface area contributed by atoms with Crippen molar-refractivity contribution >= 4 is 11.7 Å². The lowest BCUT2D eigenvalue weighted by molar-refractivity contribution is -0.385. The van der Waals surface area contributed by atoms with Crippen molar-refractivity contribution in [3.8, 4) is 0 Å². The maximum atomic E-state index is 11.3. The number of aromatic carboxylic acids is 1. The number of benzene rings is 1. The lowest BCUT2D eigenvalue weighted by Gasteiger charge is -2.19. The topological polar surface area (TPSA) is 92.5 Å². The van der Waals surface area contributed by atoms with Gasteiger partial charge in [-0.1, -0.05) is 24.3 Å². The summed E-state index contributed by atoms with van der Waals surface area (Å²) < 4.78 is 0. The number of allylic oxidation sites excluding steroid dienone is 1. The van der Waals surface area contributed by atoms with E-state index in [1.807, 2.05) is 0 Å². The van der Waals surface area contributed by atoms with E-state index in [9.17, 15) is 20.0 Å². The number of hydrogen-bond acceptors (Lipinski definition) is 4. The molecule has 1 atom stereocenters. The van der Waals surface area contributed by atoms with Gasteiger partial charge >= 0.3 is 5.97 Å². The number of rotatable bonds is 5. The summed E-state index contributed by atoms with van der Waals surface area (Å²) in [4.78, 5) is 21.5. The van der Waals surface area contributed by atoms with E-state index < -0.39 is 10.9 Å². The van der Waals surface area contributed by atoms with E-state index in [4.69, 9.17) is 0 Å². The Kier molecular flexibility index (Phi) is 4.47. The van der Waals surface area contributed by atoms with Gasteiger partial charge in [-0.05, 0) is 24.8 Å². The molecule has 1 aliphatic carbocycles. The molecular weight excluding hydrogens is 260 g/mol.